The molecule has 1 amide bonds. The maximum atomic E-state index is 12.2. The summed E-state index contributed by atoms with van der Waals surface area (Å²) >= 11 is 0. The molecular formula is C28H31NO4. The van der Waals surface area contributed by atoms with Gasteiger partial charge < -0.3 is 14.8 Å². The molecule has 2 aromatic carbocycles. The SMILES string of the molecule is CCOC(=O)c1cccc(NC(=O)C=COc2ccc(C34CC5CC(CC(C5)C3)C4)cc2)c1. The summed E-state index contributed by atoms with van der Waals surface area (Å²) in [6, 6.07) is 15.1. The number of hydrogen-bond acceptors (Lipinski definition) is 4. The van der Waals surface area contributed by atoms with Crippen LogP contribution in [0.4, 0.5) is 5.69 Å². The minimum Gasteiger partial charge on any atom is -0.465 e. The van der Waals surface area contributed by atoms with Gasteiger partial charge in [-0.1, -0.05) is 18.2 Å². The van der Waals surface area contributed by atoms with E-state index < -0.39 is 5.97 Å². The zero-order chi connectivity index (χ0) is 22.8. The third-order valence-corrected chi connectivity index (χ3v) is 7.57. The van der Waals surface area contributed by atoms with Gasteiger partial charge in [0.05, 0.1) is 18.4 Å². The van der Waals surface area contributed by atoms with E-state index in [2.05, 4.69) is 17.4 Å². The largest absolute Gasteiger partial charge is 0.465 e. The van der Waals surface area contributed by atoms with Crippen molar-refractivity contribution in [3.05, 3.63) is 72.0 Å². The molecule has 4 fully saturated rings. The molecule has 0 saturated heterocycles. The first-order valence-corrected chi connectivity index (χ1v) is 12.0. The Morgan fingerprint density at radius 1 is 1.00 bits per heavy atom. The lowest BCUT2D eigenvalue weighted by Gasteiger charge is -2.57. The van der Waals surface area contributed by atoms with E-state index in [9.17, 15) is 9.59 Å². The highest BCUT2D eigenvalue weighted by atomic mass is 16.5. The molecule has 0 spiro atoms. The second kappa shape index (κ2) is 9.05. The van der Waals surface area contributed by atoms with Crippen molar-refractivity contribution >= 4 is 17.6 Å². The van der Waals surface area contributed by atoms with Crippen LogP contribution >= 0.6 is 0 Å². The number of carbonyl (C=O) groups excluding carboxylic acids is 2. The van der Waals surface area contributed by atoms with E-state index in [0.717, 1.165) is 23.5 Å². The maximum absolute atomic E-state index is 12.2. The predicted octanol–water partition coefficient (Wildman–Crippen LogP) is 5.86. The van der Waals surface area contributed by atoms with Crippen molar-refractivity contribution in [2.75, 3.05) is 11.9 Å². The monoisotopic (exact) mass is 445 g/mol. The Kier molecular flexibility index (Phi) is 5.96. The molecule has 1 N–H and O–H groups in total. The van der Waals surface area contributed by atoms with Crippen LogP contribution in [0.1, 0.15) is 61.4 Å². The van der Waals surface area contributed by atoms with Gasteiger partial charge in [-0.05, 0) is 105 Å². The molecule has 172 valence electrons. The number of esters is 1. The minimum atomic E-state index is -0.413. The van der Waals surface area contributed by atoms with Crippen molar-refractivity contribution in [1.82, 2.24) is 0 Å². The lowest BCUT2D eigenvalue weighted by molar-refractivity contribution is -0.112. The molecule has 4 aliphatic carbocycles. The number of anilines is 1. The van der Waals surface area contributed by atoms with Gasteiger partial charge in [-0.15, -0.1) is 0 Å². The highest BCUT2D eigenvalue weighted by Crippen LogP contribution is 2.60. The van der Waals surface area contributed by atoms with Gasteiger partial charge in [0.25, 0.3) is 5.91 Å². The van der Waals surface area contributed by atoms with Gasteiger partial charge in [0.2, 0.25) is 0 Å². The summed E-state index contributed by atoms with van der Waals surface area (Å²) in [4.78, 5) is 24.1. The lowest BCUT2D eigenvalue weighted by Crippen LogP contribution is -2.48. The number of carbonyl (C=O) groups is 2. The highest BCUT2D eigenvalue weighted by Gasteiger charge is 2.51. The van der Waals surface area contributed by atoms with Crippen molar-refractivity contribution in [2.45, 2.75) is 50.9 Å². The summed E-state index contributed by atoms with van der Waals surface area (Å²) in [7, 11) is 0. The van der Waals surface area contributed by atoms with Gasteiger partial charge in [-0.2, -0.15) is 0 Å². The van der Waals surface area contributed by atoms with Crippen molar-refractivity contribution < 1.29 is 19.1 Å². The van der Waals surface area contributed by atoms with Crippen molar-refractivity contribution in [2.24, 2.45) is 17.8 Å². The molecular weight excluding hydrogens is 414 g/mol. The third-order valence-electron chi connectivity index (χ3n) is 7.57. The fraction of sp³-hybridized carbons (Fsp3) is 0.429. The fourth-order valence-corrected chi connectivity index (χ4v) is 6.65. The van der Waals surface area contributed by atoms with E-state index in [-0.39, 0.29) is 5.91 Å². The van der Waals surface area contributed by atoms with Crippen LogP contribution in [-0.4, -0.2) is 18.5 Å². The van der Waals surface area contributed by atoms with Gasteiger partial charge in [0.15, 0.2) is 0 Å². The summed E-state index contributed by atoms with van der Waals surface area (Å²) < 4.78 is 10.7. The standard InChI is InChI=1S/C28H31NO4/c1-2-32-27(31)22-4-3-5-24(15-22)29-26(30)10-11-33-25-8-6-23(7-9-25)28-16-19-12-20(17-28)14-21(13-19)18-28/h3-11,15,19-21H,2,12-14,16-18H2,1H3,(H,29,30). The molecule has 0 atom stereocenters. The Labute approximate surface area is 195 Å². The van der Waals surface area contributed by atoms with E-state index in [4.69, 9.17) is 9.47 Å². The summed E-state index contributed by atoms with van der Waals surface area (Å²) in [6.07, 6.45) is 11.1. The number of amides is 1. The zero-order valence-electron chi connectivity index (χ0n) is 19.1. The molecule has 4 saturated carbocycles. The van der Waals surface area contributed by atoms with Gasteiger partial charge >= 0.3 is 5.97 Å². The Bertz CT molecular complexity index is 1020. The zero-order valence-corrected chi connectivity index (χ0v) is 19.1. The Hall–Kier alpha value is -3.08. The van der Waals surface area contributed by atoms with Gasteiger partial charge in [-0.3, -0.25) is 4.79 Å². The molecule has 4 aliphatic rings. The molecule has 0 aromatic heterocycles. The Balaban J connectivity index is 1.17. The summed E-state index contributed by atoms with van der Waals surface area (Å²) in [5, 5.41) is 2.74. The molecule has 0 radical (unpaired) electrons. The van der Waals surface area contributed by atoms with Crippen LogP contribution in [0.2, 0.25) is 0 Å². The number of hydrogen-bond donors (Lipinski definition) is 1. The first kappa shape index (κ1) is 21.7. The molecule has 2 aromatic rings. The van der Waals surface area contributed by atoms with Crippen molar-refractivity contribution in [3.63, 3.8) is 0 Å². The molecule has 5 heteroatoms. The topological polar surface area (TPSA) is 64.6 Å². The summed E-state index contributed by atoms with van der Waals surface area (Å²) in [5.41, 5.74) is 2.75. The highest BCUT2D eigenvalue weighted by molar-refractivity contribution is 6.00. The molecule has 0 heterocycles. The number of nitrogens with one attached hydrogen (secondary N) is 1. The molecule has 0 aliphatic heterocycles. The van der Waals surface area contributed by atoms with E-state index in [0.29, 0.717) is 23.3 Å². The molecule has 5 nitrogen and oxygen atoms in total. The van der Waals surface area contributed by atoms with Crippen LogP contribution in [0.5, 0.6) is 5.75 Å². The maximum Gasteiger partial charge on any atom is 0.338 e. The Morgan fingerprint density at radius 2 is 1.67 bits per heavy atom. The molecule has 4 bridgehead atoms. The minimum absolute atomic E-state index is 0.305. The van der Waals surface area contributed by atoms with Crippen LogP contribution < -0.4 is 10.1 Å². The van der Waals surface area contributed by atoms with Crippen molar-refractivity contribution in [3.8, 4) is 5.75 Å². The lowest BCUT2D eigenvalue weighted by atomic mass is 9.48. The predicted molar refractivity (Wildman–Crippen MR) is 127 cm³/mol. The number of benzene rings is 2. The Morgan fingerprint density at radius 3 is 2.30 bits per heavy atom. The van der Waals surface area contributed by atoms with Crippen LogP contribution in [-0.2, 0) is 14.9 Å². The van der Waals surface area contributed by atoms with Gasteiger partial charge in [-0.25, -0.2) is 4.79 Å². The number of rotatable bonds is 7. The quantitative estimate of drug-likeness (QED) is 0.329. The number of ether oxygens (including phenoxy) is 2. The van der Waals surface area contributed by atoms with Crippen LogP contribution in [0.15, 0.2) is 60.9 Å². The van der Waals surface area contributed by atoms with Crippen molar-refractivity contribution in [1.29, 1.82) is 0 Å². The van der Waals surface area contributed by atoms with Crippen LogP contribution in [0, 0.1) is 17.8 Å². The smallest absolute Gasteiger partial charge is 0.338 e. The van der Waals surface area contributed by atoms with E-state index >= 15 is 0 Å². The molecule has 33 heavy (non-hydrogen) atoms. The van der Waals surface area contributed by atoms with Crippen LogP contribution in [0.3, 0.4) is 0 Å². The molecule has 6 rings (SSSR count). The third kappa shape index (κ3) is 4.68. The normalized spacial score (nSPS) is 27.5. The van der Waals surface area contributed by atoms with Gasteiger partial charge in [0, 0.05) is 11.8 Å². The fourth-order valence-electron chi connectivity index (χ4n) is 6.65. The van der Waals surface area contributed by atoms with Gasteiger partial charge in [0.1, 0.15) is 5.75 Å². The average Bonchev–Trinajstić information content (AvgIpc) is 2.79. The van der Waals surface area contributed by atoms with E-state index in [1.54, 1.807) is 31.2 Å². The average molecular weight is 446 g/mol. The molecule has 0 unspecified atom stereocenters. The van der Waals surface area contributed by atoms with Crippen LogP contribution in [0.25, 0.3) is 0 Å². The summed E-state index contributed by atoms with van der Waals surface area (Å²) in [5.74, 6) is 2.74. The van der Waals surface area contributed by atoms with E-state index in [1.807, 2.05) is 12.1 Å². The second-order valence-corrected chi connectivity index (χ2v) is 9.93. The second-order valence-electron chi connectivity index (χ2n) is 9.93. The first-order valence-electron chi connectivity index (χ1n) is 12.0. The first-order chi connectivity index (χ1) is 16.0. The van der Waals surface area contributed by atoms with E-state index in [1.165, 1.54) is 56.4 Å². The summed E-state index contributed by atoms with van der Waals surface area (Å²) in [6.45, 7) is 2.06.